The third-order valence-electron chi connectivity index (χ3n) is 9.90. The molecule has 0 aliphatic heterocycles. The number of benzene rings is 8. The Morgan fingerprint density at radius 1 is 0.320 bits per heavy atom. The van der Waals surface area contributed by atoms with E-state index in [4.69, 9.17) is 23.8 Å². The Morgan fingerprint density at radius 2 is 0.840 bits per heavy atom. The first-order valence-corrected chi connectivity index (χ1v) is 16.7. The van der Waals surface area contributed by atoms with Gasteiger partial charge in [-0.2, -0.15) is 0 Å². The Bertz CT molecular complexity index is 3170. The maximum Gasteiger partial charge on any atom is 0.165 e. The molecule has 3 heterocycles. The molecule has 0 amide bonds. The third-order valence-corrected chi connectivity index (χ3v) is 9.90. The van der Waals surface area contributed by atoms with Crippen molar-refractivity contribution >= 4 is 76.2 Å². The SMILES string of the molecule is c1ccc2c(-c3nc(-c4cc5ccccc5c5ccccc45)nc(-c4cccc5oc6ccccc6c45)n3)c3c(cc2c1)oc1ccccc13. The summed E-state index contributed by atoms with van der Waals surface area (Å²) < 4.78 is 12.8. The van der Waals surface area contributed by atoms with E-state index >= 15 is 0 Å². The van der Waals surface area contributed by atoms with Crippen LogP contribution < -0.4 is 0 Å². The number of furan rings is 2. The lowest BCUT2D eigenvalue weighted by Gasteiger charge is -2.14. The standard InChI is InChI=1S/C45H25N3O2/c1-3-14-28-26(12-1)24-35(31-17-6-5-16-30(28)31)44-46-43(34-20-11-23-38-40(34)32-18-7-9-21-36(32)49-38)47-45(48-44)42-29-15-4-2-13-27(29)25-39-41(42)33-19-8-10-22-37(33)50-39/h1-25H. The van der Waals surface area contributed by atoms with Crippen molar-refractivity contribution in [3.05, 3.63) is 152 Å². The predicted molar refractivity (Wildman–Crippen MR) is 203 cm³/mol. The van der Waals surface area contributed by atoms with Crippen LogP contribution in [0.15, 0.2) is 160 Å². The van der Waals surface area contributed by atoms with Gasteiger partial charge in [0.25, 0.3) is 0 Å². The summed E-state index contributed by atoms with van der Waals surface area (Å²) in [6.07, 6.45) is 0. The monoisotopic (exact) mass is 639 g/mol. The highest BCUT2D eigenvalue weighted by atomic mass is 16.3. The summed E-state index contributed by atoms with van der Waals surface area (Å²) in [5.74, 6) is 1.76. The molecule has 0 unspecified atom stereocenters. The van der Waals surface area contributed by atoms with Crippen LogP contribution in [0.3, 0.4) is 0 Å². The molecule has 11 rings (SSSR count). The van der Waals surface area contributed by atoms with Crippen molar-refractivity contribution in [2.75, 3.05) is 0 Å². The lowest BCUT2D eigenvalue weighted by molar-refractivity contribution is 0.669. The number of para-hydroxylation sites is 2. The van der Waals surface area contributed by atoms with Crippen molar-refractivity contribution in [2.24, 2.45) is 0 Å². The zero-order valence-corrected chi connectivity index (χ0v) is 26.6. The third kappa shape index (κ3) is 3.92. The van der Waals surface area contributed by atoms with Crippen LogP contribution in [-0.4, -0.2) is 15.0 Å². The van der Waals surface area contributed by atoms with E-state index in [1.807, 2.05) is 48.5 Å². The number of rotatable bonds is 3. The van der Waals surface area contributed by atoms with Gasteiger partial charge in [-0.05, 0) is 62.6 Å². The highest BCUT2D eigenvalue weighted by molar-refractivity contribution is 6.20. The molecule has 0 atom stereocenters. The summed E-state index contributed by atoms with van der Waals surface area (Å²) in [7, 11) is 0. The molecule has 0 N–H and O–H groups in total. The fraction of sp³-hybridized carbons (Fsp3) is 0. The fourth-order valence-electron chi connectivity index (χ4n) is 7.71. The highest BCUT2D eigenvalue weighted by Gasteiger charge is 2.23. The normalized spacial score (nSPS) is 12.0. The van der Waals surface area contributed by atoms with Gasteiger partial charge in [-0.25, -0.2) is 15.0 Å². The van der Waals surface area contributed by atoms with Crippen LogP contribution in [0, 0.1) is 0 Å². The van der Waals surface area contributed by atoms with Crippen molar-refractivity contribution in [3.8, 4) is 34.2 Å². The van der Waals surface area contributed by atoms with Gasteiger partial charge in [0.15, 0.2) is 17.5 Å². The van der Waals surface area contributed by atoms with Gasteiger partial charge in [-0.1, -0.05) is 121 Å². The van der Waals surface area contributed by atoms with Gasteiger partial charge < -0.3 is 8.83 Å². The van der Waals surface area contributed by atoms with Crippen LogP contribution in [0.2, 0.25) is 0 Å². The first kappa shape index (κ1) is 27.1. The van der Waals surface area contributed by atoms with Crippen molar-refractivity contribution in [1.82, 2.24) is 15.0 Å². The Labute approximate surface area is 285 Å². The zero-order chi connectivity index (χ0) is 32.8. The molecule has 50 heavy (non-hydrogen) atoms. The molecule has 0 fully saturated rings. The molecule has 0 saturated heterocycles. The molecule has 3 aromatic heterocycles. The summed E-state index contributed by atoms with van der Waals surface area (Å²) in [4.78, 5) is 16.1. The largest absolute Gasteiger partial charge is 0.456 e. The van der Waals surface area contributed by atoms with Gasteiger partial charge in [-0.3, -0.25) is 0 Å². The number of hydrogen-bond donors (Lipinski definition) is 0. The molecule has 232 valence electrons. The number of aromatic nitrogens is 3. The van der Waals surface area contributed by atoms with Crippen molar-refractivity contribution in [1.29, 1.82) is 0 Å². The van der Waals surface area contributed by atoms with Crippen molar-refractivity contribution < 1.29 is 8.83 Å². The number of fused-ring (bicyclic) bond motifs is 10. The minimum atomic E-state index is 0.577. The van der Waals surface area contributed by atoms with Crippen LogP contribution in [0.4, 0.5) is 0 Å². The summed E-state index contributed by atoms with van der Waals surface area (Å²) in [5, 5.41) is 10.7. The van der Waals surface area contributed by atoms with Crippen LogP contribution in [0.5, 0.6) is 0 Å². The average Bonchev–Trinajstić information content (AvgIpc) is 3.74. The first-order valence-electron chi connectivity index (χ1n) is 16.7. The van der Waals surface area contributed by atoms with E-state index in [1.165, 1.54) is 5.39 Å². The maximum atomic E-state index is 6.47. The van der Waals surface area contributed by atoms with Crippen LogP contribution in [-0.2, 0) is 0 Å². The Morgan fingerprint density at radius 3 is 1.60 bits per heavy atom. The molecule has 5 nitrogen and oxygen atoms in total. The van der Waals surface area contributed by atoms with E-state index in [-0.39, 0.29) is 0 Å². The maximum absolute atomic E-state index is 6.47. The minimum absolute atomic E-state index is 0.577. The molecule has 0 aliphatic rings. The van der Waals surface area contributed by atoms with Gasteiger partial charge in [0.05, 0.1) is 0 Å². The molecule has 0 saturated carbocycles. The summed E-state index contributed by atoms with van der Waals surface area (Å²) in [6, 6.07) is 52.1. The predicted octanol–water partition coefficient (Wildman–Crippen LogP) is 12.1. The molecule has 0 bridgehead atoms. The van der Waals surface area contributed by atoms with Crippen LogP contribution in [0.25, 0.3) is 110 Å². The number of nitrogens with zero attached hydrogens (tertiary/aromatic N) is 3. The molecule has 8 aromatic carbocycles. The second kappa shape index (κ2) is 10.3. The Balaban J connectivity index is 1.31. The molecular weight excluding hydrogens is 615 g/mol. The van der Waals surface area contributed by atoms with E-state index in [2.05, 4.69) is 103 Å². The van der Waals surface area contributed by atoms with E-state index < -0.39 is 0 Å². The number of hydrogen-bond acceptors (Lipinski definition) is 5. The van der Waals surface area contributed by atoms with Gasteiger partial charge in [-0.15, -0.1) is 0 Å². The van der Waals surface area contributed by atoms with Gasteiger partial charge >= 0.3 is 0 Å². The molecule has 0 spiro atoms. The van der Waals surface area contributed by atoms with E-state index in [9.17, 15) is 0 Å². The van der Waals surface area contributed by atoms with E-state index in [0.717, 1.165) is 87.5 Å². The van der Waals surface area contributed by atoms with E-state index in [0.29, 0.717) is 17.5 Å². The second-order valence-electron chi connectivity index (χ2n) is 12.7. The summed E-state index contributed by atoms with van der Waals surface area (Å²) in [6.45, 7) is 0. The molecule has 11 aromatic rings. The molecule has 5 heteroatoms. The van der Waals surface area contributed by atoms with Crippen LogP contribution >= 0.6 is 0 Å². The van der Waals surface area contributed by atoms with Gasteiger partial charge in [0.1, 0.15) is 22.3 Å². The quantitative estimate of drug-likeness (QED) is 0.180. The molecule has 0 aliphatic carbocycles. The smallest absolute Gasteiger partial charge is 0.165 e. The van der Waals surface area contributed by atoms with Crippen LogP contribution in [0.1, 0.15) is 0 Å². The Hall–Kier alpha value is -6.85. The molecule has 0 radical (unpaired) electrons. The lowest BCUT2D eigenvalue weighted by Crippen LogP contribution is -2.02. The minimum Gasteiger partial charge on any atom is -0.456 e. The lowest BCUT2D eigenvalue weighted by atomic mass is 9.96. The van der Waals surface area contributed by atoms with E-state index in [1.54, 1.807) is 0 Å². The summed E-state index contributed by atoms with van der Waals surface area (Å²) in [5.41, 5.74) is 5.98. The Kier molecular flexibility index (Phi) is 5.60. The highest BCUT2D eigenvalue weighted by Crippen LogP contribution is 2.43. The van der Waals surface area contributed by atoms with Crippen molar-refractivity contribution in [2.45, 2.75) is 0 Å². The molecular formula is C45H25N3O2. The zero-order valence-electron chi connectivity index (χ0n) is 26.6. The van der Waals surface area contributed by atoms with Crippen molar-refractivity contribution in [3.63, 3.8) is 0 Å². The topological polar surface area (TPSA) is 65.0 Å². The second-order valence-corrected chi connectivity index (χ2v) is 12.7. The average molecular weight is 640 g/mol. The summed E-state index contributed by atoms with van der Waals surface area (Å²) >= 11 is 0. The van der Waals surface area contributed by atoms with Gasteiger partial charge in [0, 0.05) is 38.2 Å². The fourth-order valence-corrected chi connectivity index (χ4v) is 7.71. The van der Waals surface area contributed by atoms with Gasteiger partial charge in [0.2, 0.25) is 0 Å². The first-order chi connectivity index (χ1) is 24.8.